The lowest BCUT2D eigenvalue weighted by molar-refractivity contribution is 0.983. The van der Waals surface area contributed by atoms with Crippen LogP contribution in [0.1, 0.15) is 19.3 Å². The Morgan fingerprint density at radius 2 is 1.78 bits per heavy atom. The molecule has 52 valence electrons. The topological polar surface area (TPSA) is 26.0 Å². The Morgan fingerprint density at radius 3 is 2.33 bits per heavy atom. The largest absolute Gasteiger partial charge is 0.330 e. The van der Waals surface area contributed by atoms with Crippen LogP contribution in [0.2, 0.25) is 0 Å². The molecular formula is C8H15N. The monoisotopic (exact) mass is 125 g/mol. The Labute approximate surface area is 57.3 Å². The summed E-state index contributed by atoms with van der Waals surface area (Å²) >= 11 is 0. The SMILES string of the molecule is C=CCCC=CCCN. The van der Waals surface area contributed by atoms with Crippen LogP contribution in [-0.2, 0) is 0 Å². The first kappa shape index (κ1) is 8.44. The summed E-state index contributed by atoms with van der Waals surface area (Å²) in [6.07, 6.45) is 9.35. The van der Waals surface area contributed by atoms with Crippen LogP contribution in [0.25, 0.3) is 0 Å². The summed E-state index contributed by atoms with van der Waals surface area (Å²) in [7, 11) is 0. The van der Waals surface area contributed by atoms with Crippen molar-refractivity contribution in [3.8, 4) is 0 Å². The molecule has 0 bridgehead atoms. The fourth-order valence-corrected chi connectivity index (χ4v) is 0.546. The molecule has 0 saturated carbocycles. The minimum absolute atomic E-state index is 0.755. The molecule has 0 aromatic carbocycles. The van der Waals surface area contributed by atoms with Crippen molar-refractivity contribution in [2.45, 2.75) is 19.3 Å². The molecule has 0 saturated heterocycles. The van der Waals surface area contributed by atoms with Gasteiger partial charge in [-0.05, 0) is 25.8 Å². The summed E-state index contributed by atoms with van der Waals surface area (Å²) in [6.45, 7) is 4.37. The molecule has 0 aliphatic rings. The van der Waals surface area contributed by atoms with Gasteiger partial charge in [0.05, 0.1) is 0 Å². The molecule has 9 heavy (non-hydrogen) atoms. The average Bonchev–Trinajstić information content (AvgIpc) is 1.89. The van der Waals surface area contributed by atoms with Gasteiger partial charge in [-0.1, -0.05) is 18.2 Å². The molecule has 0 aromatic rings. The second kappa shape index (κ2) is 7.44. The van der Waals surface area contributed by atoms with Crippen molar-refractivity contribution >= 4 is 0 Å². The Kier molecular flexibility index (Phi) is 6.98. The highest BCUT2D eigenvalue weighted by molar-refractivity contribution is 4.84. The van der Waals surface area contributed by atoms with Gasteiger partial charge < -0.3 is 5.73 Å². The van der Waals surface area contributed by atoms with E-state index in [-0.39, 0.29) is 0 Å². The van der Waals surface area contributed by atoms with Crippen molar-refractivity contribution in [3.05, 3.63) is 24.8 Å². The summed E-state index contributed by atoms with van der Waals surface area (Å²) < 4.78 is 0. The Morgan fingerprint density at radius 1 is 1.11 bits per heavy atom. The molecule has 0 aliphatic carbocycles. The lowest BCUT2D eigenvalue weighted by Crippen LogP contribution is -1.94. The molecule has 0 fully saturated rings. The molecule has 0 aliphatic heterocycles. The van der Waals surface area contributed by atoms with Crippen molar-refractivity contribution in [3.63, 3.8) is 0 Å². The van der Waals surface area contributed by atoms with E-state index >= 15 is 0 Å². The van der Waals surface area contributed by atoms with Crippen LogP contribution in [-0.4, -0.2) is 6.54 Å². The van der Waals surface area contributed by atoms with E-state index in [2.05, 4.69) is 18.7 Å². The number of hydrogen-bond acceptors (Lipinski definition) is 1. The highest BCUT2D eigenvalue weighted by Crippen LogP contribution is 1.91. The lowest BCUT2D eigenvalue weighted by atomic mass is 10.2. The van der Waals surface area contributed by atoms with E-state index in [1.54, 1.807) is 0 Å². The number of allylic oxidation sites excluding steroid dienone is 2. The number of unbranched alkanes of at least 4 members (excludes halogenated alkanes) is 1. The number of hydrogen-bond donors (Lipinski definition) is 1. The smallest absolute Gasteiger partial charge is 0.00426 e. The van der Waals surface area contributed by atoms with Gasteiger partial charge in [0.1, 0.15) is 0 Å². The molecule has 0 atom stereocenters. The minimum atomic E-state index is 0.755. The Hall–Kier alpha value is -0.560. The molecular weight excluding hydrogens is 110 g/mol. The molecule has 0 heterocycles. The van der Waals surface area contributed by atoms with Gasteiger partial charge in [-0.2, -0.15) is 0 Å². The van der Waals surface area contributed by atoms with Crippen LogP contribution in [0, 0.1) is 0 Å². The molecule has 0 rings (SSSR count). The summed E-state index contributed by atoms with van der Waals surface area (Å²) in [5.74, 6) is 0. The Balaban J connectivity index is 2.94. The van der Waals surface area contributed by atoms with E-state index in [1.165, 1.54) is 0 Å². The third kappa shape index (κ3) is 7.44. The van der Waals surface area contributed by atoms with Gasteiger partial charge in [0.25, 0.3) is 0 Å². The third-order valence-electron chi connectivity index (χ3n) is 1.04. The van der Waals surface area contributed by atoms with E-state index in [0.717, 1.165) is 25.8 Å². The normalized spacial score (nSPS) is 10.3. The second-order valence-electron chi connectivity index (χ2n) is 1.91. The van der Waals surface area contributed by atoms with Crippen LogP contribution in [0.5, 0.6) is 0 Å². The summed E-state index contributed by atoms with van der Waals surface area (Å²) in [6, 6.07) is 0. The van der Waals surface area contributed by atoms with Crippen LogP contribution < -0.4 is 5.73 Å². The quantitative estimate of drug-likeness (QED) is 0.440. The van der Waals surface area contributed by atoms with Crippen molar-refractivity contribution in [2.24, 2.45) is 5.73 Å². The molecule has 0 spiro atoms. The first-order valence-electron chi connectivity index (χ1n) is 3.37. The van der Waals surface area contributed by atoms with Gasteiger partial charge in [0.15, 0.2) is 0 Å². The van der Waals surface area contributed by atoms with Crippen molar-refractivity contribution < 1.29 is 0 Å². The fraction of sp³-hybridized carbons (Fsp3) is 0.500. The van der Waals surface area contributed by atoms with Gasteiger partial charge >= 0.3 is 0 Å². The van der Waals surface area contributed by atoms with Crippen LogP contribution >= 0.6 is 0 Å². The van der Waals surface area contributed by atoms with E-state index in [9.17, 15) is 0 Å². The van der Waals surface area contributed by atoms with Crippen LogP contribution in [0.4, 0.5) is 0 Å². The molecule has 1 heteroatoms. The zero-order chi connectivity index (χ0) is 6.95. The third-order valence-corrected chi connectivity index (χ3v) is 1.04. The molecule has 0 amide bonds. The van der Waals surface area contributed by atoms with E-state index < -0.39 is 0 Å². The molecule has 2 N–H and O–H groups in total. The maximum absolute atomic E-state index is 5.27. The van der Waals surface area contributed by atoms with Crippen molar-refractivity contribution in [1.29, 1.82) is 0 Å². The van der Waals surface area contributed by atoms with Crippen LogP contribution in [0.3, 0.4) is 0 Å². The zero-order valence-corrected chi connectivity index (χ0v) is 5.84. The highest BCUT2D eigenvalue weighted by Gasteiger charge is 1.73. The Bertz CT molecular complexity index is 84.6. The molecule has 0 unspecified atom stereocenters. The van der Waals surface area contributed by atoms with Gasteiger partial charge in [-0.3, -0.25) is 0 Å². The number of rotatable bonds is 5. The predicted molar refractivity (Wildman–Crippen MR) is 42.2 cm³/mol. The second-order valence-corrected chi connectivity index (χ2v) is 1.91. The average molecular weight is 125 g/mol. The fourth-order valence-electron chi connectivity index (χ4n) is 0.546. The standard InChI is InChI=1S/C8H15N/c1-2-3-4-5-6-7-8-9/h2,5-6H,1,3-4,7-9H2. The minimum Gasteiger partial charge on any atom is -0.330 e. The van der Waals surface area contributed by atoms with Gasteiger partial charge in [0.2, 0.25) is 0 Å². The maximum atomic E-state index is 5.27. The summed E-state index contributed by atoms with van der Waals surface area (Å²) in [4.78, 5) is 0. The number of nitrogens with two attached hydrogens (primary N) is 1. The molecule has 1 nitrogen and oxygen atoms in total. The van der Waals surface area contributed by atoms with Crippen LogP contribution in [0.15, 0.2) is 24.8 Å². The van der Waals surface area contributed by atoms with Crippen molar-refractivity contribution in [2.75, 3.05) is 6.54 Å². The first-order chi connectivity index (χ1) is 4.41. The lowest BCUT2D eigenvalue weighted by Gasteiger charge is -1.84. The zero-order valence-electron chi connectivity index (χ0n) is 5.84. The molecule has 0 aromatic heterocycles. The van der Waals surface area contributed by atoms with E-state index in [0.29, 0.717) is 0 Å². The molecule has 0 radical (unpaired) electrons. The van der Waals surface area contributed by atoms with Gasteiger partial charge in [-0.15, -0.1) is 6.58 Å². The summed E-state index contributed by atoms with van der Waals surface area (Å²) in [5.41, 5.74) is 5.27. The van der Waals surface area contributed by atoms with E-state index in [4.69, 9.17) is 5.73 Å². The van der Waals surface area contributed by atoms with Gasteiger partial charge in [0, 0.05) is 0 Å². The maximum Gasteiger partial charge on any atom is -0.00426 e. The van der Waals surface area contributed by atoms with Gasteiger partial charge in [-0.25, -0.2) is 0 Å². The van der Waals surface area contributed by atoms with E-state index in [1.807, 2.05) is 6.08 Å². The highest BCUT2D eigenvalue weighted by atomic mass is 14.5. The summed E-state index contributed by atoms with van der Waals surface area (Å²) in [5, 5.41) is 0. The predicted octanol–water partition coefficient (Wildman–Crippen LogP) is 1.86. The first-order valence-corrected chi connectivity index (χ1v) is 3.37. The van der Waals surface area contributed by atoms with Crippen molar-refractivity contribution in [1.82, 2.24) is 0 Å².